The molecule has 3 heterocycles. The molecule has 204 valence electrons. The van der Waals surface area contributed by atoms with E-state index in [2.05, 4.69) is 10.3 Å². The normalized spacial score (nSPS) is 28.1. The summed E-state index contributed by atoms with van der Waals surface area (Å²) >= 11 is 0.993. The van der Waals surface area contributed by atoms with Crippen LogP contribution in [0.15, 0.2) is 42.6 Å². The standard InChI is InChI=1S/C25H28N2O10S/c1-12(36-24-20(30)18(28)19(29)21(37-24)23(32)33)14-4-5-15(26-11-14)8-9-35-16-6-2-13(3-7-16)10-17-22(31)27-25(34)38-17/h2-7,11-12,17-21,24,28-30H,8-10H2,1H3,(H,32,33)(H,27,31,34)/t12-,17-,18+,19+,20-,21+,24-/m1/s1. The van der Waals surface area contributed by atoms with Crippen LogP contribution in [0.2, 0.25) is 0 Å². The van der Waals surface area contributed by atoms with Crippen molar-refractivity contribution in [3.8, 4) is 5.75 Å². The molecule has 1 aromatic carbocycles. The van der Waals surface area contributed by atoms with Crippen LogP contribution >= 0.6 is 11.8 Å². The summed E-state index contributed by atoms with van der Waals surface area (Å²) in [7, 11) is 0. The molecule has 2 amide bonds. The number of aliphatic hydroxyl groups is 3. The van der Waals surface area contributed by atoms with Gasteiger partial charge in [-0.25, -0.2) is 4.79 Å². The van der Waals surface area contributed by atoms with Crippen LogP contribution in [0.1, 0.15) is 29.8 Å². The Morgan fingerprint density at radius 1 is 1.11 bits per heavy atom. The van der Waals surface area contributed by atoms with E-state index in [1.165, 1.54) is 0 Å². The molecule has 2 aliphatic heterocycles. The number of carbonyl (C=O) groups is 3. The number of amides is 2. The highest BCUT2D eigenvalue weighted by molar-refractivity contribution is 8.15. The van der Waals surface area contributed by atoms with Crippen molar-refractivity contribution >= 4 is 28.9 Å². The number of nitrogens with one attached hydrogen (secondary N) is 1. The summed E-state index contributed by atoms with van der Waals surface area (Å²) < 4.78 is 16.5. The molecule has 12 nitrogen and oxygen atoms in total. The molecular formula is C25H28N2O10S. The number of carbonyl (C=O) groups excluding carboxylic acids is 2. The number of hydrogen-bond acceptors (Lipinski definition) is 11. The number of pyridine rings is 1. The maximum atomic E-state index is 11.7. The van der Waals surface area contributed by atoms with Crippen molar-refractivity contribution in [3.05, 3.63) is 59.4 Å². The van der Waals surface area contributed by atoms with E-state index in [-0.39, 0.29) is 11.1 Å². The highest BCUT2D eigenvalue weighted by Gasteiger charge is 2.48. The lowest BCUT2D eigenvalue weighted by molar-refractivity contribution is -0.304. The van der Waals surface area contributed by atoms with Gasteiger partial charge in [0.2, 0.25) is 5.91 Å². The molecule has 0 radical (unpaired) electrons. The van der Waals surface area contributed by atoms with Gasteiger partial charge in [0, 0.05) is 18.3 Å². The summed E-state index contributed by atoms with van der Waals surface area (Å²) in [5.74, 6) is -1.10. The first-order valence-electron chi connectivity index (χ1n) is 11.9. The molecule has 38 heavy (non-hydrogen) atoms. The van der Waals surface area contributed by atoms with Crippen molar-refractivity contribution in [2.75, 3.05) is 6.61 Å². The van der Waals surface area contributed by atoms with E-state index in [0.717, 1.165) is 23.0 Å². The van der Waals surface area contributed by atoms with E-state index in [0.29, 0.717) is 30.8 Å². The molecule has 2 aromatic rings. The highest BCUT2D eigenvalue weighted by Crippen LogP contribution is 2.28. The van der Waals surface area contributed by atoms with Gasteiger partial charge in [0.05, 0.1) is 18.0 Å². The van der Waals surface area contributed by atoms with Gasteiger partial charge in [-0.2, -0.15) is 0 Å². The van der Waals surface area contributed by atoms with E-state index in [9.17, 15) is 29.7 Å². The lowest BCUT2D eigenvalue weighted by atomic mass is 9.99. The summed E-state index contributed by atoms with van der Waals surface area (Å²) in [4.78, 5) is 38.6. The second-order valence-corrected chi connectivity index (χ2v) is 10.1. The Labute approximate surface area is 221 Å². The van der Waals surface area contributed by atoms with E-state index in [1.54, 1.807) is 37.4 Å². The summed E-state index contributed by atoms with van der Waals surface area (Å²) in [5.41, 5.74) is 2.30. The Bertz CT molecular complexity index is 1150. The fraction of sp³-hybridized carbons (Fsp3) is 0.440. The van der Waals surface area contributed by atoms with Gasteiger partial charge in [-0.3, -0.25) is 19.9 Å². The van der Waals surface area contributed by atoms with Crippen molar-refractivity contribution in [3.63, 3.8) is 0 Å². The number of nitrogens with zero attached hydrogens (tertiary/aromatic N) is 1. The van der Waals surface area contributed by atoms with Crippen LogP contribution in [0, 0.1) is 0 Å². The Kier molecular flexibility index (Phi) is 8.97. The van der Waals surface area contributed by atoms with Crippen LogP contribution in [0.4, 0.5) is 4.79 Å². The second kappa shape index (κ2) is 12.2. The predicted octanol–water partition coefficient (Wildman–Crippen LogP) is 0.567. The van der Waals surface area contributed by atoms with Crippen LogP contribution in [-0.4, -0.2) is 85.1 Å². The van der Waals surface area contributed by atoms with Crippen molar-refractivity contribution in [2.45, 2.75) is 61.8 Å². The van der Waals surface area contributed by atoms with Gasteiger partial charge in [-0.15, -0.1) is 0 Å². The van der Waals surface area contributed by atoms with Gasteiger partial charge in [0.1, 0.15) is 24.1 Å². The summed E-state index contributed by atoms with van der Waals surface area (Å²) in [6, 6.07) is 10.9. The average molecular weight is 549 g/mol. The van der Waals surface area contributed by atoms with Crippen LogP contribution < -0.4 is 10.1 Å². The summed E-state index contributed by atoms with van der Waals surface area (Å²) in [6.45, 7) is 2.02. The molecule has 0 unspecified atom stereocenters. The quantitative estimate of drug-likeness (QED) is 0.278. The Balaban J connectivity index is 1.24. The molecule has 0 spiro atoms. The average Bonchev–Trinajstić information content (AvgIpc) is 3.21. The van der Waals surface area contributed by atoms with Crippen LogP contribution in [0.25, 0.3) is 0 Å². The smallest absolute Gasteiger partial charge is 0.335 e. The van der Waals surface area contributed by atoms with Crippen LogP contribution in [0.5, 0.6) is 5.75 Å². The molecular weight excluding hydrogens is 520 g/mol. The van der Waals surface area contributed by atoms with Crippen molar-refractivity contribution in [2.24, 2.45) is 0 Å². The van der Waals surface area contributed by atoms with E-state index in [1.807, 2.05) is 12.1 Å². The van der Waals surface area contributed by atoms with E-state index in [4.69, 9.17) is 19.3 Å². The zero-order valence-electron chi connectivity index (χ0n) is 20.3. The molecule has 1 aromatic heterocycles. The minimum Gasteiger partial charge on any atom is -0.493 e. The third kappa shape index (κ3) is 6.67. The van der Waals surface area contributed by atoms with Gasteiger partial charge < -0.3 is 34.6 Å². The summed E-state index contributed by atoms with van der Waals surface area (Å²) in [5, 5.41) is 40.5. The third-order valence-electron chi connectivity index (χ3n) is 6.21. The lowest BCUT2D eigenvalue weighted by Gasteiger charge is -2.39. The fourth-order valence-electron chi connectivity index (χ4n) is 4.01. The number of aliphatic carboxylic acids is 1. The highest BCUT2D eigenvalue weighted by atomic mass is 32.2. The molecule has 7 atom stereocenters. The number of thioether (sulfide) groups is 1. The van der Waals surface area contributed by atoms with Gasteiger partial charge >= 0.3 is 5.97 Å². The monoisotopic (exact) mass is 548 g/mol. The zero-order valence-corrected chi connectivity index (χ0v) is 21.1. The van der Waals surface area contributed by atoms with Crippen LogP contribution in [0.3, 0.4) is 0 Å². The predicted molar refractivity (Wildman–Crippen MR) is 132 cm³/mol. The number of ether oxygens (including phenoxy) is 3. The Morgan fingerprint density at radius 2 is 1.84 bits per heavy atom. The number of aliphatic hydroxyl groups excluding tert-OH is 3. The molecule has 0 aliphatic carbocycles. The van der Waals surface area contributed by atoms with E-state index >= 15 is 0 Å². The Hall–Kier alpha value is -3.07. The first kappa shape index (κ1) is 28.0. The fourth-order valence-corrected chi connectivity index (χ4v) is 4.87. The first-order chi connectivity index (χ1) is 18.1. The van der Waals surface area contributed by atoms with E-state index < -0.39 is 48.0 Å². The largest absolute Gasteiger partial charge is 0.493 e. The van der Waals surface area contributed by atoms with Crippen molar-refractivity contribution in [1.82, 2.24) is 10.3 Å². The number of carboxylic acid groups (broad SMARTS) is 1. The maximum Gasteiger partial charge on any atom is 0.335 e. The molecule has 4 rings (SSSR count). The molecule has 2 saturated heterocycles. The van der Waals surface area contributed by atoms with Gasteiger partial charge in [-0.05, 0) is 42.7 Å². The third-order valence-corrected chi connectivity index (χ3v) is 7.19. The van der Waals surface area contributed by atoms with Gasteiger partial charge in [0.25, 0.3) is 5.24 Å². The molecule has 0 saturated carbocycles. The molecule has 13 heteroatoms. The minimum atomic E-state index is -1.79. The second-order valence-electron chi connectivity index (χ2n) is 8.93. The van der Waals surface area contributed by atoms with Crippen LogP contribution in [-0.2, 0) is 31.9 Å². The lowest BCUT2D eigenvalue weighted by Crippen LogP contribution is -2.60. The van der Waals surface area contributed by atoms with Crippen molar-refractivity contribution < 1.29 is 49.0 Å². The van der Waals surface area contributed by atoms with Gasteiger partial charge in [0.15, 0.2) is 12.4 Å². The number of imide groups is 1. The Morgan fingerprint density at radius 3 is 2.45 bits per heavy atom. The SMILES string of the molecule is C[C@@H](O[C@@H]1O[C@H](C(=O)O)[C@@H](O)[C@H](O)[C@H]1O)c1ccc(CCOc2ccc(C[C@H]3SC(=O)NC3=O)cc2)nc1. The minimum absolute atomic E-state index is 0.273. The van der Waals surface area contributed by atoms with Crippen molar-refractivity contribution in [1.29, 1.82) is 0 Å². The number of carboxylic acids is 1. The molecule has 5 N–H and O–H groups in total. The first-order valence-corrected chi connectivity index (χ1v) is 12.8. The number of hydrogen-bond donors (Lipinski definition) is 5. The molecule has 2 aliphatic rings. The number of aromatic nitrogens is 1. The molecule has 2 fully saturated rings. The summed E-state index contributed by atoms with van der Waals surface area (Å²) in [6.07, 6.45) is -6.46. The maximum absolute atomic E-state index is 11.7. The zero-order chi connectivity index (χ0) is 27.4. The number of benzene rings is 1. The number of rotatable bonds is 10. The van der Waals surface area contributed by atoms with Gasteiger partial charge in [-0.1, -0.05) is 30.0 Å². The molecule has 0 bridgehead atoms. The topological polar surface area (TPSA) is 185 Å².